The fourth-order valence-corrected chi connectivity index (χ4v) is 3.43. The summed E-state index contributed by atoms with van der Waals surface area (Å²) in [5, 5.41) is 2.98. The fourth-order valence-electron chi connectivity index (χ4n) is 3.43. The Morgan fingerprint density at radius 3 is 2.73 bits per heavy atom. The topological polar surface area (TPSA) is 58.6 Å². The van der Waals surface area contributed by atoms with Crippen LogP contribution in [0.4, 0.5) is 0 Å². The summed E-state index contributed by atoms with van der Waals surface area (Å²) >= 11 is 0. The molecule has 1 atom stereocenters. The first-order valence-electron chi connectivity index (χ1n) is 8.81. The van der Waals surface area contributed by atoms with E-state index < -0.39 is 6.04 Å². The highest BCUT2D eigenvalue weighted by Crippen LogP contribution is 2.32. The van der Waals surface area contributed by atoms with Gasteiger partial charge in [-0.2, -0.15) is 0 Å². The van der Waals surface area contributed by atoms with Crippen molar-refractivity contribution in [3.05, 3.63) is 65.2 Å². The van der Waals surface area contributed by atoms with Gasteiger partial charge in [0.1, 0.15) is 11.8 Å². The maximum Gasteiger partial charge on any atom is 0.247 e. The lowest BCUT2D eigenvalue weighted by Gasteiger charge is -2.39. The van der Waals surface area contributed by atoms with E-state index in [2.05, 4.69) is 5.32 Å². The SMILES string of the molecule is COc1cccc(CNC(=O)C2c3ccccc3CC(=O)N2C(C)C)c1. The molecule has 2 amide bonds. The van der Waals surface area contributed by atoms with E-state index in [9.17, 15) is 9.59 Å². The highest BCUT2D eigenvalue weighted by molar-refractivity contribution is 5.92. The van der Waals surface area contributed by atoms with Gasteiger partial charge in [-0.05, 0) is 42.7 Å². The zero-order chi connectivity index (χ0) is 18.7. The summed E-state index contributed by atoms with van der Waals surface area (Å²) in [5.41, 5.74) is 2.78. The lowest BCUT2D eigenvalue weighted by Crippen LogP contribution is -2.50. The molecule has 1 heterocycles. The minimum Gasteiger partial charge on any atom is -0.497 e. The molecule has 0 aromatic heterocycles. The highest BCUT2D eigenvalue weighted by Gasteiger charge is 2.38. The van der Waals surface area contributed by atoms with Crippen LogP contribution in [0.1, 0.15) is 36.6 Å². The van der Waals surface area contributed by atoms with Gasteiger partial charge in [0.2, 0.25) is 11.8 Å². The summed E-state index contributed by atoms with van der Waals surface area (Å²) in [7, 11) is 1.61. The molecule has 2 aromatic carbocycles. The lowest BCUT2D eigenvalue weighted by atomic mass is 9.90. The van der Waals surface area contributed by atoms with Crippen LogP contribution in [-0.2, 0) is 22.6 Å². The van der Waals surface area contributed by atoms with E-state index in [-0.39, 0.29) is 17.9 Å². The first-order valence-corrected chi connectivity index (χ1v) is 8.81. The second kappa shape index (κ2) is 7.60. The molecule has 0 saturated carbocycles. The Labute approximate surface area is 154 Å². The average Bonchev–Trinajstić information content (AvgIpc) is 2.64. The number of carbonyl (C=O) groups excluding carboxylic acids is 2. The van der Waals surface area contributed by atoms with Crippen LogP contribution < -0.4 is 10.1 Å². The van der Waals surface area contributed by atoms with Gasteiger partial charge in [-0.15, -0.1) is 0 Å². The van der Waals surface area contributed by atoms with Crippen molar-refractivity contribution in [3.8, 4) is 5.75 Å². The largest absolute Gasteiger partial charge is 0.497 e. The van der Waals surface area contributed by atoms with Crippen LogP contribution in [0.25, 0.3) is 0 Å². The molecular formula is C21H24N2O3. The van der Waals surface area contributed by atoms with Gasteiger partial charge < -0.3 is 15.0 Å². The maximum absolute atomic E-state index is 13.0. The molecule has 3 rings (SSSR count). The molecule has 1 unspecified atom stereocenters. The molecule has 0 spiro atoms. The first kappa shape index (κ1) is 18.0. The molecule has 0 radical (unpaired) electrons. The zero-order valence-corrected chi connectivity index (χ0v) is 15.4. The third-order valence-electron chi connectivity index (χ3n) is 4.66. The Hall–Kier alpha value is -2.82. The zero-order valence-electron chi connectivity index (χ0n) is 15.4. The smallest absolute Gasteiger partial charge is 0.247 e. The number of amides is 2. The van der Waals surface area contributed by atoms with Crippen molar-refractivity contribution in [1.29, 1.82) is 0 Å². The van der Waals surface area contributed by atoms with Gasteiger partial charge in [0.25, 0.3) is 0 Å². The van der Waals surface area contributed by atoms with Crippen LogP contribution in [0.15, 0.2) is 48.5 Å². The Morgan fingerprint density at radius 1 is 1.23 bits per heavy atom. The Morgan fingerprint density at radius 2 is 2.00 bits per heavy atom. The molecule has 136 valence electrons. The molecular weight excluding hydrogens is 328 g/mol. The minimum absolute atomic E-state index is 0.0137. The van der Waals surface area contributed by atoms with E-state index in [1.807, 2.05) is 62.4 Å². The normalized spacial score (nSPS) is 16.4. The van der Waals surface area contributed by atoms with Crippen LogP contribution in [0.2, 0.25) is 0 Å². The Kier molecular flexibility index (Phi) is 5.26. The minimum atomic E-state index is -0.599. The van der Waals surface area contributed by atoms with Crippen LogP contribution in [-0.4, -0.2) is 29.9 Å². The van der Waals surface area contributed by atoms with Gasteiger partial charge >= 0.3 is 0 Å². The van der Waals surface area contributed by atoms with Gasteiger partial charge in [-0.1, -0.05) is 36.4 Å². The summed E-state index contributed by atoms with van der Waals surface area (Å²) in [4.78, 5) is 27.3. The van der Waals surface area contributed by atoms with Crippen LogP contribution >= 0.6 is 0 Å². The first-order chi connectivity index (χ1) is 12.5. The summed E-state index contributed by atoms with van der Waals surface area (Å²) in [5.74, 6) is 0.570. The Bertz CT molecular complexity index is 816. The number of nitrogens with zero attached hydrogens (tertiary/aromatic N) is 1. The number of hydrogen-bond donors (Lipinski definition) is 1. The van der Waals surface area contributed by atoms with E-state index in [1.54, 1.807) is 12.0 Å². The molecule has 1 aliphatic rings. The number of methoxy groups -OCH3 is 1. The average molecular weight is 352 g/mol. The van der Waals surface area contributed by atoms with Crippen molar-refractivity contribution >= 4 is 11.8 Å². The quantitative estimate of drug-likeness (QED) is 0.900. The highest BCUT2D eigenvalue weighted by atomic mass is 16.5. The van der Waals surface area contributed by atoms with Gasteiger partial charge in [0, 0.05) is 12.6 Å². The molecule has 5 heteroatoms. The number of rotatable bonds is 5. The molecule has 1 aliphatic heterocycles. The van der Waals surface area contributed by atoms with Gasteiger partial charge in [0.15, 0.2) is 0 Å². The van der Waals surface area contributed by atoms with Crippen molar-refractivity contribution in [2.45, 2.75) is 38.9 Å². The van der Waals surface area contributed by atoms with E-state index in [4.69, 9.17) is 4.74 Å². The van der Waals surface area contributed by atoms with Gasteiger partial charge in [-0.25, -0.2) is 0 Å². The van der Waals surface area contributed by atoms with Crippen molar-refractivity contribution in [2.24, 2.45) is 0 Å². The number of fused-ring (bicyclic) bond motifs is 1. The van der Waals surface area contributed by atoms with E-state index in [0.29, 0.717) is 13.0 Å². The monoisotopic (exact) mass is 352 g/mol. The molecule has 5 nitrogen and oxygen atoms in total. The molecule has 0 bridgehead atoms. The van der Waals surface area contributed by atoms with E-state index in [1.165, 1.54) is 0 Å². The van der Waals surface area contributed by atoms with Crippen LogP contribution in [0.3, 0.4) is 0 Å². The van der Waals surface area contributed by atoms with Gasteiger partial charge in [-0.3, -0.25) is 9.59 Å². The maximum atomic E-state index is 13.0. The summed E-state index contributed by atoms with van der Waals surface area (Å²) in [6.07, 6.45) is 0.341. The van der Waals surface area contributed by atoms with Crippen LogP contribution in [0, 0.1) is 0 Å². The number of benzene rings is 2. The molecule has 2 aromatic rings. The van der Waals surface area contributed by atoms with Crippen molar-refractivity contribution in [1.82, 2.24) is 10.2 Å². The lowest BCUT2D eigenvalue weighted by molar-refractivity contribution is -0.143. The number of hydrogen-bond acceptors (Lipinski definition) is 3. The third kappa shape index (κ3) is 3.57. The van der Waals surface area contributed by atoms with Crippen LogP contribution in [0.5, 0.6) is 5.75 Å². The summed E-state index contributed by atoms with van der Waals surface area (Å²) in [6.45, 7) is 4.26. The molecule has 0 fully saturated rings. The van der Waals surface area contributed by atoms with Crippen molar-refractivity contribution in [3.63, 3.8) is 0 Å². The second-order valence-electron chi connectivity index (χ2n) is 6.74. The second-order valence-corrected chi connectivity index (χ2v) is 6.74. The molecule has 26 heavy (non-hydrogen) atoms. The number of nitrogens with one attached hydrogen (secondary N) is 1. The number of ether oxygens (including phenoxy) is 1. The van der Waals surface area contributed by atoms with E-state index >= 15 is 0 Å². The van der Waals surface area contributed by atoms with E-state index in [0.717, 1.165) is 22.4 Å². The summed E-state index contributed by atoms with van der Waals surface area (Å²) < 4.78 is 5.22. The van der Waals surface area contributed by atoms with Crippen molar-refractivity contribution < 1.29 is 14.3 Å². The van der Waals surface area contributed by atoms with Gasteiger partial charge in [0.05, 0.1) is 13.5 Å². The molecule has 1 N–H and O–H groups in total. The fraction of sp³-hybridized carbons (Fsp3) is 0.333. The Balaban J connectivity index is 1.84. The van der Waals surface area contributed by atoms with Crippen molar-refractivity contribution in [2.75, 3.05) is 7.11 Å². The predicted molar refractivity (Wildman–Crippen MR) is 99.7 cm³/mol. The molecule has 0 aliphatic carbocycles. The predicted octanol–water partition coefficient (Wildman–Crippen LogP) is 2.85. The third-order valence-corrected chi connectivity index (χ3v) is 4.66. The number of carbonyl (C=O) groups is 2. The molecule has 0 saturated heterocycles. The summed E-state index contributed by atoms with van der Waals surface area (Å²) in [6, 6.07) is 14.6. The standard InChI is InChI=1S/C21H24N2O3/c1-14(2)23-19(24)12-16-8-4-5-10-18(16)20(23)21(25)22-13-15-7-6-9-17(11-15)26-3/h4-11,14,20H,12-13H2,1-3H3,(H,22,25).